The van der Waals surface area contributed by atoms with Crippen molar-refractivity contribution in [2.45, 2.75) is 12.6 Å². The first-order chi connectivity index (χ1) is 8.75. The van der Waals surface area contributed by atoms with Gasteiger partial charge in [0.2, 0.25) is 5.91 Å². The van der Waals surface area contributed by atoms with Crippen molar-refractivity contribution in [2.75, 3.05) is 6.54 Å². The van der Waals surface area contributed by atoms with Gasteiger partial charge in [-0.1, -0.05) is 30.3 Å². The van der Waals surface area contributed by atoms with Crippen molar-refractivity contribution in [1.82, 2.24) is 10.6 Å². The van der Waals surface area contributed by atoms with E-state index in [1.54, 1.807) is 6.07 Å². The molecule has 4 heteroatoms. The highest BCUT2D eigenvalue weighted by Crippen LogP contribution is 2.31. The number of phenols is 1. The van der Waals surface area contributed by atoms with Gasteiger partial charge in [0, 0.05) is 18.5 Å². The van der Waals surface area contributed by atoms with Crippen molar-refractivity contribution >= 4 is 16.7 Å². The highest BCUT2D eigenvalue weighted by molar-refractivity contribution is 5.89. The van der Waals surface area contributed by atoms with Gasteiger partial charge in [-0.15, -0.1) is 0 Å². The van der Waals surface area contributed by atoms with Crippen LogP contribution in [-0.2, 0) is 4.79 Å². The van der Waals surface area contributed by atoms with Crippen LogP contribution < -0.4 is 10.6 Å². The molecule has 1 amide bonds. The van der Waals surface area contributed by atoms with E-state index in [0.29, 0.717) is 13.0 Å². The Morgan fingerprint density at radius 3 is 2.83 bits per heavy atom. The smallest absolute Gasteiger partial charge is 0.222 e. The Morgan fingerprint density at radius 2 is 2.00 bits per heavy atom. The minimum Gasteiger partial charge on any atom is -0.508 e. The molecule has 4 nitrogen and oxygen atoms in total. The molecular weight excluding hydrogens is 228 g/mol. The predicted octanol–water partition coefficient (Wildman–Crippen LogP) is 1.65. The number of rotatable bonds is 1. The maximum absolute atomic E-state index is 11.5. The molecule has 1 atom stereocenters. The molecule has 1 aliphatic heterocycles. The van der Waals surface area contributed by atoms with Crippen LogP contribution in [0.4, 0.5) is 0 Å². The topological polar surface area (TPSA) is 61.4 Å². The number of carbonyl (C=O) groups is 1. The van der Waals surface area contributed by atoms with Crippen LogP contribution in [0.15, 0.2) is 36.4 Å². The molecule has 1 fully saturated rings. The first-order valence-corrected chi connectivity index (χ1v) is 5.99. The summed E-state index contributed by atoms with van der Waals surface area (Å²) in [5.41, 5.74) is 0.737. The van der Waals surface area contributed by atoms with Crippen molar-refractivity contribution < 1.29 is 9.90 Å². The van der Waals surface area contributed by atoms with Gasteiger partial charge >= 0.3 is 0 Å². The van der Waals surface area contributed by atoms with Crippen molar-refractivity contribution in [3.63, 3.8) is 0 Å². The van der Waals surface area contributed by atoms with Gasteiger partial charge in [0.25, 0.3) is 0 Å². The summed E-state index contributed by atoms with van der Waals surface area (Å²) in [5.74, 6) is 0.208. The Balaban J connectivity index is 2.14. The Bertz CT molecular complexity index is 610. The van der Waals surface area contributed by atoms with E-state index in [-0.39, 0.29) is 17.8 Å². The van der Waals surface area contributed by atoms with Crippen LogP contribution in [0, 0.1) is 0 Å². The summed E-state index contributed by atoms with van der Waals surface area (Å²) in [6.45, 7) is 0.624. The van der Waals surface area contributed by atoms with Crippen LogP contribution in [0.5, 0.6) is 5.75 Å². The molecule has 1 saturated heterocycles. The number of nitrogens with one attached hydrogen (secondary N) is 2. The van der Waals surface area contributed by atoms with Crippen molar-refractivity contribution in [1.29, 1.82) is 0 Å². The van der Waals surface area contributed by atoms with Gasteiger partial charge in [0.1, 0.15) is 11.9 Å². The van der Waals surface area contributed by atoms with Crippen molar-refractivity contribution in [2.24, 2.45) is 0 Å². The summed E-state index contributed by atoms with van der Waals surface area (Å²) in [6.07, 6.45) is 0.152. The van der Waals surface area contributed by atoms with E-state index in [1.807, 2.05) is 30.3 Å². The first kappa shape index (κ1) is 11.0. The van der Waals surface area contributed by atoms with E-state index in [9.17, 15) is 9.90 Å². The number of hydrogen-bond donors (Lipinski definition) is 3. The molecule has 0 unspecified atom stereocenters. The highest BCUT2D eigenvalue weighted by Gasteiger charge is 2.23. The first-order valence-electron chi connectivity index (χ1n) is 5.99. The van der Waals surface area contributed by atoms with Gasteiger partial charge in [-0.2, -0.15) is 0 Å². The van der Waals surface area contributed by atoms with Crippen molar-refractivity contribution in [3.05, 3.63) is 42.0 Å². The molecule has 2 aromatic rings. The van der Waals surface area contributed by atoms with E-state index in [4.69, 9.17) is 0 Å². The number of amides is 1. The third-order valence-electron chi connectivity index (χ3n) is 3.24. The molecule has 18 heavy (non-hydrogen) atoms. The summed E-state index contributed by atoms with van der Waals surface area (Å²) in [7, 11) is 0. The minimum absolute atomic E-state index is 0.00563. The largest absolute Gasteiger partial charge is 0.508 e. The second-order valence-corrected chi connectivity index (χ2v) is 4.42. The number of benzene rings is 2. The molecule has 0 aromatic heterocycles. The summed E-state index contributed by atoms with van der Waals surface area (Å²) < 4.78 is 0. The lowest BCUT2D eigenvalue weighted by Crippen LogP contribution is -2.44. The standard InChI is InChI=1S/C14H14N2O2/c17-11-6-5-9-3-1-2-4-10(9)13(11)14-15-8-7-12(18)16-14/h1-6,14-15,17H,7-8H2,(H,16,18)/t14-/m0/s1. The van der Waals surface area contributed by atoms with Gasteiger partial charge in [-0.25, -0.2) is 0 Å². The van der Waals surface area contributed by atoms with Crippen LogP contribution in [0.1, 0.15) is 18.2 Å². The van der Waals surface area contributed by atoms with Gasteiger partial charge in [0.15, 0.2) is 0 Å². The number of fused-ring (bicyclic) bond motifs is 1. The number of carbonyl (C=O) groups excluding carboxylic acids is 1. The van der Waals surface area contributed by atoms with E-state index in [1.165, 1.54) is 0 Å². The van der Waals surface area contributed by atoms with Crippen LogP contribution in [-0.4, -0.2) is 17.6 Å². The molecule has 0 bridgehead atoms. The zero-order chi connectivity index (χ0) is 12.5. The van der Waals surface area contributed by atoms with E-state index in [2.05, 4.69) is 10.6 Å². The minimum atomic E-state index is -0.322. The molecule has 0 saturated carbocycles. The molecule has 92 valence electrons. The summed E-state index contributed by atoms with van der Waals surface area (Å²) in [5, 5.41) is 18.1. The summed E-state index contributed by atoms with van der Waals surface area (Å²) in [6, 6.07) is 11.4. The van der Waals surface area contributed by atoms with Crippen LogP contribution in [0.25, 0.3) is 10.8 Å². The number of hydrogen-bond acceptors (Lipinski definition) is 3. The maximum Gasteiger partial charge on any atom is 0.222 e. The molecule has 0 radical (unpaired) electrons. The lowest BCUT2D eigenvalue weighted by atomic mass is 10.00. The maximum atomic E-state index is 11.5. The summed E-state index contributed by atoms with van der Waals surface area (Å²) in [4.78, 5) is 11.5. The van der Waals surface area contributed by atoms with Gasteiger partial charge in [0.05, 0.1) is 0 Å². The molecule has 3 rings (SSSR count). The van der Waals surface area contributed by atoms with E-state index < -0.39 is 0 Å². The van der Waals surface area contributed by atoms with Gasteiger partial charge < -0.3 is 10.4 Å². The highest BCUT2D eigenvalue weighted by atomic mass is 16.3. The molecule has 3 N–H and O–H groups in total. The zero-order valence-electron chi connectivity index (χ0n) is 9.81. The molecule has 0 aliphatic carbocycles. The van der Waals surface area contributed by atoms with E-state index >= 15 is 0 Å². The monoisotopic (exact) mass is 242 g/mol. The van der Waals surface area contributed by atoms with Gasteiger partial charge in [-0.3, -0.25) is 10.1 Å². The SMILES string of the molecule is O=C1CCN[C@H](c2c(O)ccc3ccccc23)N1. The van der Waals surface area contributed by atoms with Crippen LogP contribution >= 0.6 is 0 Å². The Morgan fingerprint density at radius 1 is 1.17 bits per heavy atom. The lowest BCUT2D eigenvalue weighted by Gasteiger charge is -2.26. The quantitative estimate of drug-likeness (QED) is 0.712. The zero-order valence-corrected chi connectivity index (χ0v) is 9.81. The fourth-order valence-electron chi connectivity index (χ4n) is 2.38. The molecule has 1 heterocycles. The fourth-order valence-corrected chi connectivity index (χ4v) is 2.38. The van der Waals surface area contributed by atoms with E-state index in [0.717, 1.165) is 16.3 Å². The molecule has 0 spiro atoms. The summed E-state index contributed by atoms with van der Waals surface area (Å²) >= 11 is 0. The third-order valence-corrected chi connectivity index (χ3v) is 3.24. The predicted molar refractivity (Wildman–Crippen MR) is 69.1 cm³/mol. The normalized spacial score (nSPS) is 19.8. The lowest BCUT2D eigenvalue weighted by molar-refractivity contribution is -0.123. The molecule has 1 aliphatic rings. The number of aromatic hydroxyl groups is 1. The van der Waals surface area contributed by atoms with Gasteiger partial charge in [-0.05, 0) is 16.8 Å². The average molecular weight is 242 g/mol. The Hall–Kier alpha value is -2.07. The van der Waals surface area contributed by atoms with Crippen molar-refractivity contribution in [3.8, 4) is 5.75 Å². The average Bonchev–Trinajstić information content (AvgIpc) is 2.38. The van der Waals surface area contributed by atoms with Crippen LogP contribution in [0.2, 0.25) is 0 Å². The molecule has 2 aromatic carbocycles. The molecular formula is C14H14N2O2. The third kappa shape index (κ3) is 1.80. The Kier molecular flexibility index (Phi) is 2.64. The fraction of sp³-hybridized carbons (Fsp3) is 0.214. The van der Waals surface area contributed by atoms with Crippen LogP contribution in [0.3, 0.4) is 0 Å². The Labute approximate surface area is 105 Å². The number of phenolic OH excluding ortho intramolecular Hbond substituents is 1. The second-order valence-electron chi connectivity index (χ2n) is 4.42. The second kappa shape index (κ2) is 4.31.